The molecule has 2 heterocycles. The molecule has 4 heteroatoms. The maximum Gasteiger partial charge on any atom is 0.190 e. The summed E-state index contributed by atoms with van der Waals surface area (Å²) < 4.78 is 1.12. The normalized spacial score (nSPS) is 15.7. The Hall–Kier alpha value is -2.33. The molecule has 27 heavy (non-hydrogen) atoms. The molecule has 0 bridgehead atoms. The van der Waals surface area contributed by atoms with Crippen molar-refractivity contribution in [2.75, 3.05) is 23.3 Å². The van der Waals surface area contributed by atoms with Crippen LogP contribution in [0.3, 0.4) is 0 Å². The first-order valence-electron chi connectivity index (χ1n) is 9.77. The monoisotopic (exact) mass is 378 g/mol. The Bertz CT molecular complexity index is 990. The number of hydrogen-bond acceptors (Lipinski definition) is 4. The van der Waals surface area contributed by atoms with Crippen molar-refractivity contribution in [2.24, 2.45) is 0 Å². The quantitative estimate of drug-likeness (QED) is 0.629. The van der Waals surface area contributed by atoms with E-state index in [1.54, 1.807) is 11.3 Å². The molecule has 1 atom stereocenters. The SMILES string of the molecule is Cc1cc(C(C)Nc2ccccc2)c2sc(N3CCCCC3)cc(=O)c2c1. The lowest BCUT2D eigenvalue weighted by atomic mass is 10.0. The van der Waals surface area contributed by atoms with E-state index in [1.165, 1.54) is 24.8 Å². The van der Waals surface area contributed by atoms with Crippen LogP contribution in [0, 0.1) is 6.92 Å². The molecule has 1 unspecified atom stereocenters. The molecule has 0 spiro atoms. The number of para-hydroxylation sites is 1. The van der Waals surface area contributed by atoms with Crippen molar-refractivity contribution in [2.45, 2.75) is 39.2 Å². The molecule has 1 saturated heterocycles. The third-order valence-corrected chi connectivity index (χ3v) is 6.52. The zero-order valence-corrected chi connectivity index (χ0v) is 16.8. The summed E-state index contributed by atoms with van der Waals surface area (Å²) in [7, 11) is 0. The predicted octanol–water partition coefficient (Wildman–Crippen LogP) is 5.73. The van der Waals surface area contributed by atoms with Gasteiger partial charge in [0.2, 0.25) is 0 Å². The summed E-state index contributed by atoms with van der Waals surface area (Å²) in [6, 6.07) is 16.5. The average Bonchev–Trinajstić information content (AvgIpc) is 2.69. The van der Waals surface area contributed by atoms with E-state index in [0.717, 1.165) is 39.4 Å². The van der Waals surface area contributed by atoms with Crippen molar-refractivity contribution in [3.63, 3.8) is 0 Å². The van der Waals surface area contributed by atoms with Crippen molar-refractivity contribution in [1.82, 2.24) is 0 Å². The highest BCUT2D eigenvalue weighted by atomic mass is 32.1. The maximum absolute atomic E-state index is 12.9. The first kappa shape index (κ1) is 18.1. The van der Waals surface area contributed by atoms with Crippen LogP contribution in [-0.2, 0) is 0 Å². The van der Waals surface area contributed by atoms with Crippen molar-refractivity contribution >= 4 is 32.1 Å². The summed E-state index contributed by atoms with van der Waals surface area (Å²) in [6.45, 7) is 6.35. The molecular weight excluding hydrogens is 352 g/mol. The molecule has 4 rings (SSSR count). The lowest BCUT2D eigenvalue weighted by Crippen LogP contribution is -2.29. The minimum atomic E-state index is 0.127. The molecule has 0 saturated carbocycles. The molecule has 1 aliphatic rings. The molecule has 140 valence electrons. The highest BCUT2D eigenvalue weighted by Gasteiger charge is 2.17. The Morgan fingerprint density at radius 2 is 1.78 bits per heavy atom. The van der Waals surface area contributed by atoms with E-state index in [2.05, 4.69) is 42.3 Å². The molecule has 1 N–H and O–H groups in total. The van der Waals surface area contributed by atoms with Crippen LogP contribution >= 0.6 is 11.3 Å². The van der Waals surface area contributed by atoms with E-state index in [1.807, 2.05) is 30.3 Å². The number of fused-ring (bicyclic) bond motifs is 1. The fourth-order valence-corrected chi connectivity index (χ4v) is 5.19. The van der Waals surface area contributed by atoms with Gasteiger partial charge in [0.25, 0.3) is 0 Å². The van der Waals surface area contributed by atoms with Gasteiger partial charge in [0.05, 0.1) is 5.00 Å². The topological polar surface area (TPSA) is 32.3 Å². The van der Waals surface area contributed by atoms with Crippen molar-refractivity contribution in [3.05, 3.63) is 69.9 Å². The summed E-state index contributed by atoms with van der Waals surface area (Å²) >= 11 is 1.77. The molecular formula is C23H26N2OS. The highest BCUT2D eigenvalue weighted by molar-refractivity contribution is 7.22. The van der Waals surface area contributed by atoms with E-state index < -0.39 is 0 Å². The van der Waals surface area contributed by atoms with E-state index >= 15 is 0 Å². The van der Waals surface area contributed by atoms with Crippen LogP contribution in [0.1, 0.15) is 43.4 Å². The van der Waals surface area contributed by atoms with Gasteiger partial charge in [0, 0.05) is 41.0 Å². The molecule has 3 nitrogen and oxygen atoms in total. The van der Waals surface area contributed by atoms with E-state index in [9.17, 15) is 4.79 Å². The maximum atomic E-state index is 12.9. The van der Waals surface area contributed by atoms with E-state index in [4.69, 9.17) is 0 Å². The molecule has 1 aliphatic heterocycles. The largest absolute Gasteiger partial charge is 0.378 e. The van der Waals surface area contributed by atoms with Crippen LogP contribution in [0.15, 0.2) is 53.3 Å². The van der Waals surface area contributed by atoms with Gasteiger partial charge in [-0.15, -0.1) is 11.3 Å². The summed E-state index contributed by atoms with van der Waals surface area (Å²) in [4.78, 5) is 15.3. The molecule has 3 aromatic rings. The van der Waals surface area contributed by atoms with Crippen LogP contribution in [0.25, 0.3) is 10.1 Å². The summed E-state index contributed by atoms with van der Waals surface area (Å²) in [5, 5.41) is 5.55. The second-order valence-corrected chi connectivity index (χ2v) is 8.49. The first-order valence-corrected chi connectivity index (χ1v) is 10.6. The first-order chi connectivity index (χ1) is 13.1. The van der Waals surface area contributed by atoms with Gasteiger partial charge in [0.15, 0.2) is 5.43 Å². The lowest BCUT2D eigenvalue weighted by Gasteiger charge is -2.28. The standard InChI is InChI=1S/C23H26N2OS/c1-16-13-19(17(2)24-18-9-5-3-6-10-18)23-20(14-16)21(26)15-22(27-23)25-11-7-4-8-12-25/h3,5-6,9-10,13-15,17,24H,4,7-8,11-12H2,1-2H3. The third-order valence-electron chi connectivity index (χ3n) is 5.28. The summed E-state index contributed by atoms with van der Waals surface area (Å²) in [6.07, 6.45) is 3.72. The van der Waals surface area contributed by atoms with Crippen LogP contribution in [-0.4, -0.2) is 13.1 Å². The number of nitrogens with one attached hydrogen (secondary N) is 1. The number of benzene rings is 2. The van der Waals surface area contributed by atoms with Crippen molar-refractivity contribution < 1.29 is 0 Å². The third kappa shape index (κ3) is 3.86. The molecule has 2 aromatic carbocycles. The predicted molar refractivity (Wildman–Crippen MR) is 117 cm³/mol. The zero-order valence-electron chi connectivity index (χ0n) is 16.0. The van der Waals surface area contributed by atoms with Crippen LogP contribution in [0.5, 0.6) is 0 Å². The van der Waals surface area contributed by atoms with E-state index in [-0.39, 0.29) is 11.5 Å². The van der Waals surface area contributed by atoms with Gasteiger partial charge in [-0.1, -0.05) is 24.3 Å². The summed E-state index contributed by atoms with van der Waals surface area (Å²) in [5.41, 5.74) is 3.57. The molecule has 1 fully saturated rings. The van der Waals surface area contributed by atoms with Crippen LogP contribution in [0.2, 0.25) is 0 Å². The van der Waals surface area contributed by atoms with Gasteiger partial charge in [-0.25, -0.2) is 0 Å². The molecule has 0 radical (unpaired) electrons. The van der Waals surface area contributed by atoms with Crippen LogP contribution < -0.4 is 15.6 Å². The Labute approximate surface area is 164 Å². The lowest BCUT2D eigenvalue weighted by molar-refractivity contribution is 0.580. The van der Waals surface area contributed by atoms with Crippen LogP contribution in [0.4, 0.5) is 10.7 Å². The highest BCUT2D eigenvalue weighted by Crippen LogP contribution is 2.34. The van der Waals surface area contributed by atoms with Crippen molar-refractivity contribution in [1.29, 1.82) is 0 Å². The smallest absolute Gasteiger partial charge is 0.190 e. The van der Waals surface area contributed by atoms with Crippen molar-refractivity contribution in [3.8, 4) is 0 Å². The van der Waals surface area contributed by atoms with Gasteiger partial charge in [-0.2, -0.15) is 0 Å². The number of hydrogen-bond donors (Lipinski definition) is 1. The van der Waals surface area contributed by atoms with Gasteiger partial charge in [-0.3, -0.25) is 4.79 Å². The Morgan fingerprint density at radius 1 is 1.04 bits per heavy atom. The zero-order chi connectivity index (χ0) is 18.8. The van der Waals surface area contributed by atoms with Gasteiger partial charge < -0.3 is 10.2 Å². The second-order valence-electron chi connectivity index (χ2n) is 7.46. The minimum absolute atomic E-state index is 0.127. The Morgan fingerprint density at radius 3 is 2.52 bits per heavy atom. The van der Waals surface area contributed by atoms with Gasteiger partial charge in [-0.05, 0) is 62.4 Å². The number of piperidine rings is 1. The second kappa shape index (κ2) is 7.73. The molecule has 1 aromatic heterocycles. The molecule has 0 aliphatic carbocycles. The fourth-order valence-electron chi connectivity index (χ4n) is 3.88. The Balaban J connectivity index is 1.78. The Kier molecular flexibility index (Phi) is 5.17. The van der Waals surface area contributed by atoms with Gasteiger partial charge >= 0.3 is 0 Å². The molecule has 0 amide bonds. The summed E-state index contributed by atoms with van der Waals surface area (Å²) in [5.74, 6) is 0. The van der Waals surface area contributed by atoms with E-state index in [0.29, 0.717) is 0 Å². The number of rotatable bonds is 4. The van der Waals surface area contributed by atoms with Gasteiger partial charge in [0.1, 0.15) is 0 Å². The number of nitrogens with zero attached hydrogens (tertiary/aromatic N) is 1. The fraction of sp³-hybridized carbons (Fsp3) is 0.348. The number of anilines is 2. The average molecular weight is 379 g/mol. The minimum Gasteiger partial charge on any atom is -0.378 e. The number of aryl methyl sites for hydroxylation is 1.